The van der Waals surface area contributed by atoms with Gasteiger partial charge in [-0.25, -0.2) is 14.1 Å². The molecule has 0 aliphatic carbocycles. The minimum atomic E-state index is -0.535. The number of halogens is 1. The van der Waals surface area contributed by atoms with Crippen LogP contribution in [0, 0.1) is 22.9 Å². The Labute approximate surface area is 186 Å². The fourth-order valence-corrected chi connectivity index (χ4v) is 3.52. The van der Waals surface area contributed by atoms with Crippen molar-refractivity contribution in [2.45, 2.75) is 20.0 Å². The molecule has 0 unspecified atom stereocenters. The van der Waals surface area contributed by atoms with Gasteiger partial charge in [-0.15, -0.1) is 0 Å². The molecule has 10 nitrogen and oxygen atoms in total. The normalized spacial score (nSPS) is 11.0. The molecule has 0 atom stereocenters. The molecule has 2 aromatic heterocycles. The highest BCUT2D eigenvalue weighted by Gasteiger charge is 2.18. The summed E-state index contributed by atoms with van der Waals surface area (Å²) in [6, 6.07) is 10.5. The van der Waals surface area contributed by atoms with E-state index in [2.05, 4.69) is 15.4 Å². The fourth-order valence-electron chi connectivity index (χ4n) is 3.52. The van der Waals surface area contributed by atoms with Crippen LogP contribution in [0.3, 0.4) is 0 Å². The van der Waals surface area contributed by atoms with E-state index in [1.165, 1.54) is 53.0 Å². The molecule has 0 spiro atoms. The molecule has 0 bridgehead atoms. The predicted molar refractivity (Wildman–Crippen MR) is 117 cm³/mol. The molecular weight excluding hydrogens is 431 g/mol. The second kappa shape index (κ2) is 8.99. The van der Waals surface area contributed by atoms with E-state index in [-0.39, 0.29) is 47.4 Å². The maximum atomic E-state index is 13.9. The Morgan fingerprint density at radius 1 is 1.21 bits per heavy atom. The summed E-state index contributed by atoms with van der Waals surface area (Å²) < 4.78 is 16.7. The summed E-state index contributed by atoms with van der Waals surface area (Å²) in [5.41, 5.74) is 0.713. The Hall–Kier alpha value is -4.41. The highest BCUT2D eigenvalue weighted by atomic mass is 19.1. The third kappa shape index (κ3) is 4.33. The molecule has 0 radical (unpaired) electrons. The van der Waals surface area contributed by atoms with Crippen molar-refractivity contribution < 1.29 is 14.1 Å². The molecule has 4 aromatic rings. The lowest BCUT2D eigenvalue weighted by molar-refractivity contribution is -0.385. The summed E-state index contributed by atoms with van der Waals surface area (Å²) >= 11 is 0. The lowest BCUT2D eigenvalue weighted by Gasteiger charge is -2.09. The zero-order chi connectivity index (χ0) is 23.5. The van der Waals surface area contributed by atoms with E-state index in [0.29, 0.717) is 11.2 Å². The summed E-state index contributed by atoms with van der Waals surface area (Å²) in [5.74, 6) is -0.859. The Morgan fingerprint density at radius 2 is 2.00 bits per heavy atom. The number of amides is 1. The second-order valence-electron chi connectivity index (χ2n) is 7.34. The van der Waals surface area contributed by atoms with Crippen molar-refractivity contribution >= 4 is 22.6 Å². The first-order chi connectivity index (χ1) is 15.9. The third-order valence-electron chi connectivity index (χ3n) is 5.28. The van der Waals surface area contributed by atoms with Crippen molar-refractivity contribution in [1.82, 2.24) is 24.6 Å². The summed E-state index contributed by atoms with van der Waals surface area (Å²) in [6.45, 7) is 1.95. The third-order valence-corrected chi connectivity index (χ3v) is 5.28. The molecule has 33 heavy (non-hydrogen) atoms. The van der Waals surface area contributed by atoms with Crippen molar-refractivity contribution in [1.29, 1.82) is 0 Å². The number of hydrogen-bond donors (Lipinski definition) is 1. The molecule has 11 heteroatoms. The van der Waals surface area contributed by atoms with Gasteiger partial charge in [0.1, 0.15) is 17.5 Å². The van der Waals surface area contributed by atoms with Gasteiger partial charge in [-0.3, -0.25) is 24.3 Å². The number of nitrogens with one attached hydrogen (secondary N) is 1. The van der Waals surface area contributed by atoms with Crippen molar-refractivity contribution in [3.05, 3.63) is 98.0 Å². The van der Waals surface area contributed by atoms with Crippen LogP contribution in [-0.2, 0) is 13.1 Å². The van der Waals surface area contributed by atoms with Gasteiger partial charge in [0.2, 0.25) is 0 Å². The minimum Gasteiger partial charge on any atom is -0.350 e. The second-order valence-corrected chi connectivity index (χ2v) is 7.34. The van der Waals surface area contributed by atoms with E-state index >= 15 is 0 Å². The van der Waals surface area contributed by atoms with Crippen molar-refractivity contribution in [2.75, 3.05) is 6.54 Å². The van der Waals surface area contributed by atoms with E-state index in [1.807, 2.05) is 0 Å². The van der Waals surface area contributed by atoms with E-state index in [0.717, 1.165) is 0 Å². The SMILES string of the molecule is Cc1c(C(=O)NCCn2ncc3c(=O)n(Cc4ccccc4F)cnc32)cccc1[N+](=O)[O-]. The highest BCUT2D eigenvalue weighted by molar-refractivity contribution is 5.96. The lowest BCUT2D eigenvalue weighted by Crippen LogP contribution is -2.28. The van der Waals surface area contributed by atoms with Crippen molar-refractivity contribution in [3.63, 3.8) is 0 Å². The van der Waals surface area contributed by atoms with Crippen LogP contribution in [0.15, 0.2) is 59.8 Å². The maximum absolute atomic E-state index is 13.9. The number of aromatic nitrogens is 4. The van der Waals surface area contributed by atoms with Gasteiger partial charge in [0, 0.05) is 29.3 Å². The molecule has 0 aliphatic heterocycles. The average Bonchev–Trinajstić information content (AvgIpc) is 3.20. The topological polar surface area (TPSA) is 125 Å². The smallest absolute Gasteiger partial charge is 0.273 e. The Bertz CT molecular complexity index is 1430. The molecule has 4 rings (SSSR count). The highest BCUT2D eigenvalue weighted by Crippen LogP contribution is 2.20. The van der Waals surface area contributed by atoms with Crippen LogP contribution in [0.25, 0.3) is 11.0 Å². The minimum absolute atomic E-state index is 0.0399. The Morgan fingerprint density at radius 3 is 2.76 bits per heavy atom. The maximum Gasteiger partial charge on any atom is 0.273 e. The first-order valence-corrected chi connectivity index (χ1v) is 10.0. The van der Waals surface area contributed by atoms with Crippen molar-refractivity contribution in [2.24, 2.45) is 0 Å². The molecule has 168 valence electrons. The number of carbonyl (C=O) groups excluding carboxylic acids is 1. The number of hydrogen-bond acceptors (Lipinski definition) is 6. The van der Waals surface area contributed by atoms with Crippen LogP contribution in [0.2, 0.25) is 0 Å². The van der Waals surface area contributed by atoms with E-state index in [9.17, 15) is 24.1 Å². The number of rotatable bonds is 7. The van der Waals surface area contributed by atoms with Gasteiger partial charge in [-0.2, -0.15) is 5.10 Å². The van der Waals surface area contributed by atoms with Crippen LogP contribution in [0.5, 0.6) is 0 Å². The van der Waals surface area contributed by atoms with Gasteiger partial charge in [0.25, 0.3) is 17.2 Å². The van der Waals surface area contributed by atoms with Crippen LogP contribution >= 0.6 is 0 Å². The van der Waals surface area contributed by atoms with Crippen LogP contribution in [-0.4, -0.2) is 36.7 Å². The van der Waals surface area contributed by atoms with Crippen LogP contribution < -0.4 is 10.9 Å². The van der Waals surface area contributed by atoms with Gasteiger partial charge in [-0.1, -0.05) is 24.3 Å². The summed E-state index contributed by atoms with van der Waals surface area (Å²) in [4.78, 5) is 40.1. The quantitative estimate of drug-likeness (QED) is 0.341. The number of benzene rings is 2. The summed E-state index contributed by atoms with van der Waals surface area (Å²) in [5, 5.41) is 18.2. The molecule has 1 N–H and O–H groups in total. The number of nitrogens with zero attached hydrogens (tertiary/aromatic N) is 5. The fraction of sp³-hybridized carbons (Fsp3) is 0.182. The van der Waals surface area contributed by atoms with Gasteiger partial charge < -0.3 is 5.32 Å². The summed E-state index contributed by atoms with van der Waals surface area (Å²) in [7, 11) is 0. The molecular formula is C22H19FN6O4. The molecule has 0 aliphatic rings. The molecule has 0 fully saturated rings. The van der Waals surface area contributed by atoms with Crippen molar-refractivity contribution in [3.8, 4) is 0 Å². The first kappa shape index (κ1) is 21.8. The standard InChI is InChI=1S/C22H19FN6O4/c1-14-16(6-4-8-19(14)29(32)33)21(30)24-9-10-28-20-17(11-26-28)22(31)27(13-25-20)12-15-5-2-3-7-18(15)23/h2-8,11,13H,9-10,12H2,1H3,(H,24,30). The van der Waals surface area contributed by atoms with Gasteiger partial charge in [0.15, 0.2) is 5.65 Å². The van der Waals surface area contributed by atoms with Gasteiger partial charge in [-0.05, 0) is 19.1 Å². The number of carbonyl (C=O) groups is 1. The molecule has 1 amide bonds. The van der Waals surface area contributed by atoms with E-state index < -0.39 is 16.6 Å². The molecule has 2 heterocycles. The lowest BCUT2D eigenvalue weighted by atomic mass is 10.1. The van der Waals surface area contributed by atoms with E-state index in [4.69, 9.17) is 0 Å². The number of nitro benzene ring substituents is 1. The largest absolute Gasteiger partial charge is 0.350 e. The first-order valence-electron chi connectivity index (χ1n) is 10.0. The summed E-state index contributed by atoms with van der Waals surface area (Å²) in [6.07, 6.45) is 2.72. The van der Waals surface area contributed by atoms with Gasteiger partial charge >= 0.3 is 0 Å². The van der Waals surface area contributed by atoms with Crippen LogP contribution in [0.1, 0.15) is 21.5 Å². The molecule has 2 aromatic carbocycles. The number of fused-ring (bicyclic) bond motifs is 1. The van der Waals surface area contributed by atoms with Gasteiger partial charge in [0.05, 0.1) is 24.2 Å². The molecule has 0 saturated heterocycles. The van der Waals surface area contributed by atoms with E-state index in [1.54, 1.807) is 18.2 Å². The number of nitro groups is 1. The zero-order valence-corrected chi connectivity index (χ0v) is 17.6. The zero-order valence-electron chi connectivity index (χ0n) is 17.6. The Balaban J connectivity index is 1.47. The Kier molecular flexibility index (Phi) is 5.94. The predicted octanol–water partition coefficient (Wildman–Crippen LogP) is 2.43. The molecule has 0 saturated carbocycles. The van der Waals surface area contributed by atoms with Crippen LogP contribution in [0.4, 0.5) is 10.1 Å². The average molecular weight is 450 g/mol. The monoisotopic (exact) mass is 450 g/mol.